The third kappa shape index (κ3) is 4.01. The fraction of sp³-hybridized carbons (Fsp3) is 0.125. The summed E-state index contributed by atoms with van der Waals surface area (Å²) in [6.07, 6.45) is 0. The van der Waals surface area contributed by atoms with E-state index >= 15 is 0 Å². The Kier molecular flexibility index (Phi) is 4.85. The van der Waals surface area contributed by atoms with Gasteiger partial charge in [-0.2, -0.15) is 0 Å². The summed E-state index contributed by atoms with van der Waals surface area (Å²) in [5, 5.41) is 0. The molecule has 0 aromatic heterocycles. The van der Waals surface area contributed by atoms with Crippen LogP contribution in [0.1, 0.15) is 11.1 Å². The molecule has 0 aliphatic rings. The van der Waals surface area contributed by atoms with Crippen LogP contribution in [0.4, 0.5) is 13.2 Å². The van der Waals surface area contributed by atoms with Gasteiger partial charge in [-0.15, -0.1) is 0 Å². The SMILES string of the molecule is NCC#Cc1ccc(F)c(OCc2cc(F)ccc2F)c1. The number of hydrogen-bond donors (Lipinski definition) is 1. The van der Waals surface area contributed by atoms with Crippen molar-refractivity contribution in [3.05, 3.63) is 65.0 Å². The predicted molar refractivity (Wildman–Crippen MR) is 73.0 cm³/mol. The first-order valence-corrected chi connectivity index (χ1v) is 6.15. The van der Waals surface area contributed by atoms with Crippen molar-refractivity contribution in [2.24, 2.45) is 5.73 Å². The highest BCUT2D eigenvalue weighted by Crippen LogP contribution is 2.20. The number of halogens is 3. The van der Waals surface area contributed by atoms with Gasteiger partial charge in [0.15, 0.2) is 11.6 Å². The maximum absolute atomic E-state index is 13.6. The second-order valence-electron chi connectivity index (χ2n) is 4.18. The number of rotatable bonds is 3. The molecular weight excluding hydrogens is 279 g/mol. The molecule has 2 aromatic rings. The van der Waals surface area contributed by atoms with Gasteiger partial charge < -0.3 is 10.5 Å². The minimum atomic E-state index is -0.615. The Morgan fingerprint density at radius 3 is 2.52 bits per heavy atom. The third-order valence-electron chi connectivity index (χ3n) is 2.66. The smallest absolute Gasteiger partial charge is 0.165 e. The van der Waals surface area contributed by atoms with Crippen LogP contribution in [-0.2, 0) is 6.61 Å². The summed E-state index contributed by atoms with van der Waals surface area (Å²) >= 11 is 0. The summed E-state index contributed by atoms with van der Waals surface area (Å²) in [4.78, 5) is 0. The van der Waals surface area contributed by atoms with E-state index in [1.807, 2.05) is 0 Å². The topological polar surface area (TPSA) is 35.2 Å². The summed E-state index contributed by atoms with van der Waals surface area (Å²) in [6, 6.07) is 7.06. The molecule has 2 rings (SSSR count). The van der Waals surface area contributed by atoms with Crippen molar-refractivity contribution in [1.82, 2.24) is 0 Å². The molecule has 2 aromatic carbocycles. The van der Waals surface area contributed by atoms with Gasteiger partial charge in [0.2, 0.25) is 0 Å². The lowest BCUT2D eigenvalue weighted by atomic mass is 10.2. The van der Waals surface area contributed by atoms with E-state index in [-0.39, 0.29) is 24.5 Å². The van der Waals surface area contributed by atoms with Gasteiger partial charge in [0.25, 0.3) is 0 Å². The van der Waals surface area contributed by atoms with Crippen LogP contribution in [0.15, 0.2) is 36.4 Å². The average molecular weight is 291 g/mol. The zero-order valence-corrected chi connectivity index (χ0v) is 11.0. The minimum absolute atomic E-state index is 0.00726. The van der Waals surface area contributed by atoms with E-state index in [0.29, 0.717) is 5.56 Å². The van der Waals surface area contributed by atoms with Crippen LogP contribution in [-0.4, -0.2) is 6.54 Å². The first-order valence-electron chi connectivity index (χ1n) is 6.15. The Hall–Kier alpha value is -2.45. The summed E-state index contributed by atoms with van der Waals surface area (Å²) in [7, 11) is 0. The van der Waals surface area contributed by atoms with E-state index < -0.39 is 17.5 Å². The van der Waals surface area contributed by atoms with Crippen molar-refractivity contribution < 1.29 is 17.9 Å². The van der Waals surface area contributed by atoms with Crippen LogP contribution in [0.5, 0.6) is 5.75 Å². The molecule has 5 heteroatoms. The Morgan fingerprint density at radius 2 is 1.76 bits per heavy atom. The van der Waals surface area contributed by atoms with E-state index in [2.05, 4.69) is 11.8 Å². The molecular formula is C16H12F3NO. The van der Waals surface area contributed by atoms with E-state index in [9.17, 15) is 13.2 Å². The van der Waals surface area contributed by atoms with Gasteiger partial charge in [-0.05, 0) is 36.4 Å². The Morgan fingerprint density at radius 1 is 1.00 bits per heavy atom. The van der Waals surface area contributed by atoms with Crippen LogP contribution >= 0.6 is 0 Å². The molecule has 0 aliphatic heterocycles. The van der Waals surface area contributed by atoms with Gasteiger partial charge in [-0.3, -0.25) is 0 Å². The molecule has 2 nitrogen and oxygen atoms in total. The van der Waals surface area contributed by atoms with Crippen molar-refractivity contribution in [3.63, 3.8) is 0 Å². The van der Waals surface area contributed by atoms with E-state index in [4.69, 9.17) is 10.5 Å². The van der Waals surface area contributed by atoms with Crippen LogP contribution in [0.2, 0.25) is 0 Å². The second-order valence-corrected chi connectivity index (χ2v) is 4.18. The number of ether oxygens (including phenoxy) is 1. The molecule has 21 heavy (non-hydrogen) atoms. The monoisotopic (exact) mass is 291 g/mol. The summed E-state index contributed by atoms with van der Waals surface area (Å²) in [5.74, 6) is 3.48. The molecule has 0 heterocycles. The van der Waals surface area contributed by atoms with Gasteiger partial charge in [0.1, 0.15) is 18.2 Å². The van der Waals surface area contributed by atoms with Crippen molar-refractivity contribution >= 4 is 0 Å². The van der Waals surface area contributed by atoms with Crippen LogP contribution in [0.3, 0.4) is 0 Å². The van der Waals surface area contributed by atoms with Gasteiger partial charge in [0, 0.05) is 11.1 Å². The average Bonchev–Trinajstić information content (AvgIpc) is 2.48. The van der Waals surface area contributed by atoms with Crippen molar-refractivity contribution in [2.75, 3.05) is 6.54 Å². The molecule has 2 N–H and O–H groups in total. The minimum Gasteiger partial charge on any atom is -0.486 e. The quantitative estimate of drug-likeness (QED) is 0.882. The lowest BCUT2D eigenvalue weighted by molar-refractivity contribution is 0.284. The molecule has 0 fully saturated rings. The molecule has 0 saturated carbocycles. The van der Waals surface area contributed by atoms with Crippen molar-refractivity contribution in [3.8, 4) is 17.6 Å². The predicted octanol–water partition coefficient (Wildman–Crippen LogP) is 2.99. The second kappa shape index (κ2) is 6.82. The maximum Gasteiger partial charge on any atom is 0.165 e. The molecule has 0 bridgehead atoms. The highest BCUT2D eigenvalue weighted by Gasteiger charge is 2.08. The molecule has 0 aliphatic carbocycles. The molecule has 0 atom stereocenters. The standard InChI is InChI=1S/C16H12F3NO/c17-13-4-6-14(18)12(9-13)10-21-16-8-11(2-1-7-20)3-5-15(16)19/h3-6,8-9H,7,10,20H2. The normalized spacial score (nSPS) is 9.90. The zero-order valence-electron chi connectivity index (χ0n) is 11.0. The van der Waals surface area contributed by atoms with E-state index in [1.54, 1.807) is 0 Å². The van der Waals surface area contributed by atoms with Crippen LogP contribution < -0.4 is 10.5 Å². The maximum atomic E-state index is 13.6. The summed E-state index contributed by atoms with van der Waals surface area (Å²) < 4.78 is 45.3. The Bertz CT molecular complexity index is 704. The van der Waals surface area contributed by atoms with Gasteiger partial charge in [0.05, 0.1) is 6.54 Å². The third-order valence-corrected chi connectivity index (χ3v) is 2.66. The molecule has 0 amide bonds. The molecule has 0 saturated heterocycles. The summed E-state index contributed by atoms with van der Waals surface area (Å²) in [5.41, 5.74) is 5.79. The van der Waals surface area contributed by atoms with E-state index in [1.165, 1.54) is 18.2 Å². The molecule has 108 valence electrons. The first-order chi connectivity index (χ1) is 10.1. The first kappa shape index (κ1) is 14.9. The van der Waals surface area contributed by atoms with E-state index in [0.717, 1.165) is 18.2 Å². The highest BCUT2D eigenvalue weighted by atomic mass is 19.1. The molecule has 0 unspecified atom stereocenters. The van der Waals surface area contributed by atoms with Crippen LogP contribution in [0.25, 0.3) is 0 Å². The lowest BCUT2D eigenvalue weighted by Crippen LogP contribution is -2.01. The van der Waals surface area contributed by atoms with Crippen molar-refractivity contribution in [2.45, 2.75) is 6.61 Å². The van der Waals surface area contributed by atoms with Crippen molar-refractivity contribution in [1.29, 1.82) is 0 Å². The largest absolute Gasteiger partial charge is 0.486 e. The fourth-order valence-electron chi connectivity index (χ4n) is 1.65. The van der Waals surface area contributed by atoms with Gasteiger partial charge >= 0.3 is 0 Å². The van der Waals surface area contributed by atoms with Gasteiger partial charge in [-0.1, -0.05) is 11.8 Å². The fourth-order valence-corrected chi connectivity index (χ4v) is 1.65. The Balaban J connectivity index is 2.17. The van der Waals surface area contributed by atoms with Gasteiger partial charge in [-0.25, -0.2) is 13.2 Å². The van der Waals surface area contributed by atoms with Crippen LogP contribution in [0, 0.1) is 29.3 Å². The Labute approximate surface area is 120 Å². The lowest BCUT2D eigenvalue weighted by Gasteiger charge is -2.08. The molecule has 0 spiro atoms. The zero-order chi connectivity index (χ0) is 15.2. The highest BCUT2D eigenvalue weighted by molar-refractivity contribution is 5.41. The number of nitrogens with two attached hydrogens (primary N) is 1. The summed E-state index contributed by atoms with van der Waals surface area (Å²) in [6.45, 7) is -0.101. The number of benzene rings is 2. The number of hydrogen-bond acceptors (Lipinski definition) is 2. The molecule has 0 radical (unpaired) electrons.